The maximum atomic E-state index is 12.4. The van der Waals surface area contributed by atoms with E-state index in [4.69, 9.17) is 9.15 Å². The number of nitrogens with zero attached hydrogens (tertiary/aromatic N) is 1. The smallest absolute Gasteiger partial charge is 0.240 e. The van der Waals surface area contributed by atoms with E-state index in [1.54, 1.807) is 0 Å². The van der Waals surface area contributed by atoms with Crippen LogP contribution in [0.25, 0.3) is 0 Å². The predicted octanol–water partition coefficient (Wildman–Crippen LogP) is 1.65. The van der Waals surface area contributed by atoms with Crippen LogP contribution in [0.5, 0.6) is 0 Å². The van der Waals surface area contributed by atoms with E-state index in [1.807, 2.05) is 19.1 Å². The van der Waals surface area contributed by atoms with Gasteiger partial charge in [0.1, 0.15) is 11.5 Å². The van der Waals surface area contributed by atoms with E-state index in [0.717, 1.165) is 24.6 Å². The molecule has 0 spiro atoms. The summed E-state index contributed by atoms with van der Waals surface area (Å²) in [6, 6.07) is 9.36. The van der Waals surface area contributed by atoms with Gasteiger partial charge in [0.15, 0.2) is 5.78 Å². The average molecular weight is 464 g/mol. The van der Waals surface area contributed by atoms with Crippen LogP contribution in [0.1, 0.15) is 41.3 Å². The molecule has 3 rings (SSSR count). The van der Waals surface area contributed by atoms with Gasteiger partial charge < -0.3 is 14.5 Å². The minimum Gasteiger partial charge on any atom is -0.465 e. The third-order valence-electron chi connectivity index (χ3n) is 5.28. The molecule has 174 valence electrons. The molecule has 0 aliphatic carbocycles. The van der Waals surface area contributed by atoms with Crippen LogP contribution in [0.3, 0.4) is 0 Å². The molecule has 0 saturated carbocycles. The molecular weight excluding hydrogens is 434 g/mol. The van der Waals surface area contributed by atoms with Crippen molar-refractivity contribution in [1.29, 1.82) is 0 Å². The maximum absolute atomic E-state index is 12.4. The molecule has 1 amide bonds. The molecule has 2 aromatic rings. The Labute approximate surface area is 188 Å². The third kappa shape index (κ3) is 6.49. The van der Waals surface area contributed by atoms with Gasteiger partial charge in [-0.25, -0.2) is 13.1 Å². The number of hydrogen-bond donors (Lipinski definition) is 2. The highest BCUT2D eigenvalue weighted by atomic mass is 32.2. The quantitative estimate of drug-likeness (QED) is 0.515. The van der Waals surface area contributed by atoms with Gasteiger partial charge in [-0.2, -0.15) is 0 Å². The first kappa shape index (κ1) is 24.1. The largest absolute Gasteiger partial charge is 0.465 e. The van der Waals surface area contributed by atoms with Gasteiger partial charge in [0.2, 0.25) is 15.9 Å². The van der Waals surface area contributed by atoms with Crippen molar-refractivity contribution in [3.8, 4) is 0 Å². The van der Waals surface area contributed by atoms with E-state index in [0.29, 0.717) is 25.3 Å². The summed E-state index contributed by atoms with van der Waals surface area (Å²) in [5.74, 6) is 1.18. The maximum Gasteiger partial charge on any atom is 0.240 e. The zero-order chi connectivity index (χ0) is 23.1. The molecule has 2 N–H and O–H groups in total. The van der Waals surface area contributed by atoms with E-state index in [1.165, 1.54) is 31.2 Å². The second kappa shape index (κ2) is 10.9. The van der Waals surface area contributed by atoms with Crippen molar-refractivity contribution < 1.29 is 27.2 Å². The molecule has 0 bridgehead atoms. The number of nitrogens with one attached hydrogen (secondary N) is 2. The summed E-state index contributed by atoms with van der Waals surface area (Å²) in [6.07, 6.45) is -0.00221. The number of ketones is 1. The molecule has 1 aromatic heterocycles. The van der Waals surface area contributed by atoms with Gasteiger partial charge in [0.05, 0.1) is 24.2 Å². The van der Waals surface area contributed by atoms with Crippen LogP contribution in [0.15, 0.2) is 45.7 Å². The number of hydrogen-bond acceptors (Lipinski definition) is 7. The average Bonchev–Trinajstić information content (AvgIpc) is 3.20. The predicted molar refractivity (Wildman–Crippen MR) is 118 cm³/mol. The zero-order valence-electron chi connectivity index (χ0n) is 18.3. The highest BCUT2D eigenvalue weighted by Gasteiger charge is 2.25. The summed E-state index contributed by atoms with van der Waals surface area (Å²) in [4.78, 5) is 25.9. The number of benzene rings is 1. The van der Waals surface area contributed by atoms with Crippen LogP contribution in [0, 0.1) is 6.92 Å². The minimum absolute atomic E-state index is 0.00221. The minimum atomic E-state index is -3.77. The van der Waals surface area contributed by atoms with Crippen LogP contribution >= 0.6 is 0 Å². The number of furan rings is 1. The number of amides is 1. The Balaban J connectivity index is 1.51. The van der Waals surface area contributed by atoms with Crippen molar-refractivity contribution in [1.82, 2.24) is 14.9 Å². The van der Waals surface area contributed by atoms with E-state index < -0.39 is 10.0 Å². The lowest BCUT2D eigenvalue weighted by molar-refractivity contribution is -0.121. The lowest BCUT2D eigenvalue weighted by atomic mass is 10.1. The number of aryl methyl sites for hydroxylation is 1. The summed E-state index contributed by atoms with van der Waals surface area (Å²) in [7, 11) is -3.77. The Hall–Kier alpha value is -2.53. The summed E-state index contributed by atoms with van der Waals surface area (Å²) in [5.41, 5.74) is 0.435. The fourth-order valence-corrected chi connectivity index (χ4v) is 4.51. The highest BCUT2D eigenvalue weighted by Crippen LogP contribution is 2.23. The SMILES string of the molecule is CC(=O)c1ccc(S(=O)(=O)NCCC(=O)NCC(c2ccc(C)o2)N2CCOCC2)cc1. The van der Waals surface area contributed by atoms with Crippen molar-refractivity contribution in [2.45, 2.75) is 31.2 Å². The molecule has 32 heavy (non-hydrogen) atoms. The van der Waals surface area contributed by atoms with Crippen LogP contribution in [-0.2, 0) is 19.6 Å². The standard InChI is InChI=1S/C22H29N3O6S/c1-16-3-8-21(31-16)20(25-11-13-30-14-12-25)15-23-22(27)9-10-24-32(28,29)19-6-4-18(5-7-19)17(2)26/h3-8,20,24H,9-15H2,1-2H3,(H,23,27). The van der Waals surface area contributed by atoms with Gasteiger partial charge in [0.25, 0.3) is 0 Å². The molecule has 1 fully saturated rings. The zero-order valence-corrected chi connectivity index (χ0v) is 19.1. The lowest BCUT2D eigenvalue weighted by Gasteiger charge is -2.33. The van der Waals surface area contributed by atoms with Gasteiger partial charge in [-0.1, -0.05) is 12.1 Å². The molecule has 1 atom stereocenters. The van der Waals surface area contributed by atoms with Crippen molar-refractivity contribution >= 4 is 21.7 Å². The van der Waals surface area contributed by atoms with Gasteiger partial charge >= 0.3 is 0 Å². The molecule has 0 radical (unpaired) electrons. The Bertz CT molecular complexity index is 1030. The summed E-state index contributed by atoms with van der Waals surface area (Å²) < 4.78 is 38.4. The second-order valence-electron chi connectivity index (χ2n) is 7.64. The van der Waals surface area contributed by atoms with Crippen molar-refractivity contribution in [2.24, 2.45) is 0 Å². The number of carbonyl (C=O) groups is 2. The highest BCUT2D eigenvalue weighted by molar-refractivity contribution is 7.89. The van der Waals surface area contributed by atoms with E-state index in [9.17, 15) is 18.0 Å². The topological polar surface area (TPSA) is 118 Å². The van der Waals surface area contributed by atoms with Gasteiger partial charge in [-0.05, 0) is 38.1 Å². The first-order valence-corrected chi connectivity index (χ1v) is 12.0. The Morgan fingerprint density at radius 3 is 2.38 bits per heavy atom. The fraction of sp³-hybridized carbons (Fsp3) is 0.455. The molecule has 10 heteroatoms. The number of Topliss-reactive ketones (excluding diaryl/α,β-unsaturated/α-hetero) is 1. The summed E-state index contributed by atoms with van der Waals surface area (Å²) in [5, 5.41) is 2.88. The first-order valence-electron chi connectivity index (χ1n) is 10.5. The second-order valence-corrected chi connectivity index (χ2v) is 9.41. The molecule has 1 saturated heterocycles. The van der Waals surface area contributed by atoms with Crippen molar-refractivity contribution in [3.63, 3.8) is 0 Å². The van der Waals surface area contributed by atoms with Gasteiger partial charge in [-0.3, -0.25) is 14.5 Å². The fourth-order valence-electron chi connectivity index (χ4n) is 3.48. The molecule has 2 heterocycles. The first-order chi connectivity index (χ1) is 15.3. The van der Waals surface area contributed by atoms with E-state index in [-0.39, 0.29) is 35.6 Å². The molecule has 1 unspecified atom stereocenters. The van der Waals surface area contributed by atoms with Gasteiger partial charge in [0, 0.05) is 38.2 Å². The molecule has 9 nitrogen and oxygen atoms in total. The normalized spacial score (nSPS) is 15.9. The van der Waals surface area contributed by atoms with Crippen LogP contribution in [-0.4, -0.2) is 64.4 Å². The molecule has 1 aliphatic heterocycles. The monoisotopic (exact) mass is 463 g/mol. The van der Waals surface area contributed by atoms with Crippen LogP contribution in [0.2, 0.25) is 0 Å². The number of carbonyl (C=O) groups excluding carboxylic acids is 2. The molecular formula is C22H29N3O6S. The van der Waals surface area contributed by atoms with Crippen LogP contribution in [0.4, 0.5) is 0 Å². The Morgan fingerprint density at radius 1 is 1.09 bits per heavy atom. The number of sulfonamides is 1. The number of ether oxygens (including phenoxy) is 1. The number of morpholine rings is 1. The molecule has 1 aromatic carbocycles. The number of rotatable bonds is 10. The van der Waals surface area contributed by atoms with E-state index >= 15 is 0 Å². The molecule has 1 aliphatic rings. The van der Waals surface area contributed by atoms with Crippen LogP contribution < -0.4 is 10.0 Å². The Kier molecular flexibility index (Phi) is 8.19. The summed E-state index contributed by atoms with van der Waals surface area (Å²) in [6.45, 7) is 6.33. The van der Waals surface area contributed by atoms with Crippen molar-refractivity contribution in [2.75, 3.05) is 39.4 Å². The lowest BCUT2D eigenvalue weighted by Crippen LogP contribution is -2.44. The Morgan fingerprint density at radius 2 is 1.78 bits per heavy atom. The van der Waals surface area contributed by atoms with E-state index in [2.05, 4.69) is 14.9 Å². The third-order valence-corrected chi connectivity index (χ3v) is 6.76. The van der Waals surface area contributed by atoms with Gasteiger partial charge in [-0.15, -0.1) is 0 Å². The van der Waals surface area contributed by atoms with Crippen molar-refractivity contribution in [3.05, 3.63) is 53.5 Å². The summed E-state index contributed by atoms with van der Waals surface area (Å²) >= 11 is 0.